The van der Waals surface area contributed by atoms with Gasteiger partial charge in [0.05, 0.1) is 5.56 Å². The van der Waals surface area contributed by atoms with Crippen molar-refractivity contribution in [3.8, 4) is 0 Å². The molecule has 0 saturated heterocycles. The largest absolute Gasteiger partial charge is 0.416 e. The van der Waals surface area contributed by atoms with E-state index in [0.717, 1.165) is 12.1 Å². The van der Waals surface area contributed by atoms with Gasteiger partial charge in [0.25, 0.3) is 0 Å². The Morgan fingerprint density at radius 2 is 1.83 bits per heavy atom. The first-order chi connectivity index (χ1) is 8.34. The van der Waals surface area contributed by atoms with Crippen molar-refractivity contribution in [2.45, 2.75) is 13.1 Å². The SMILES string of the molecule is CNCC(C)C(=O)Nc1ccc(C(F)(F)F)cc1. The maximum atomic E-state index is 12.3. The highest BCUT2D eigenvalue weighted by molar-refractivity contribution is 5.92. The van der Waals surface area contributed by atoms with E-state index in [9.17, 15) is 18.0 Å². The summed E-state index contributed by atoms with van der Waals surface area (Å²) in [5.74, 6) is -0.485. The predicted octanol–water partition coefficient (Wildman–Crippen LogP) is 2.50. The van der Waals surface area contributed by atoms with Crippen molar-refractivity contribution in [3.05, 3.63) is 29.8 Å². The van der Waals surface area contributed by atoms with E-state index < -0.39 is 11.7 Å². The van der Waals surface area contributed by atoms with Crippen LogP contribution < -0.4 is 10.6 Å². The molecule has 1 aromatic rings. The van der Waals surface area contributed by atoms with Gasteiger partial charge < -0.3 is 10.6 Å². The van der Waals surface area contributed by atoms with Crippen molar-refractivity contribution in [2.24, 2.45) is 5.92 Å². The molecule has 1 amide bonds. The van der Waals surface area contributed by atoms with Crippen molar-refractivity contribution in [1.29, 1.82) is 0 Å². The summed E-state index contributed by atoms with van der Waals surface area (Å²) in [5, 5.41) is 5.41. The third-order valence-electron chi connectivity index (χ3n) is 2.44. The molecular weight excluding hydrogens is 245 g/mol. The summed E-state index contributed by atoms with van der Waals surface area (Å²) in [4.78, 5) is 11.6. The van der Waals surface area contributed by atoms with Crippen LogP contribution in [0.5, 0.6) is 0 Å². The van der Waals surface area contributed by atoms with Crippen LogP contribution in [-0.2, 0) is 11.0 Å². The topological polar surface area (TPSA) is 41.1 Å². The summed E-state index contributed by atoms with van der Waals surface area (Å²) >= 11 is 0. The maximum Gasteiger partial charge on any atom is 0.416 e. The minimum Gasteiger partial charge on any atom is -0.326 e. The molecule has 0 aliphatic carbocycles. The van der Waals surface area contributed by atoms with Gasteiger partial charge >= 0.3 is 6.18 Å². The van der Waals surface area contributed by atoms with Crippen molar-refractivity contribution in [3.63, 3.8) is 0 Å². The number of halogens is 3. The number of alkyl halides is 3. The van der Waals surface area contributed by atoms with E-state index in [1.165, 1.54) is 12.1 Å². The number of rotatable bonds is 4. The first-order valence-corrected chi connectivity index (χ1v) is 5.47. The first-order valence-electron chi connectivity index (χ1n) is 5.47. The number of hydrogen-bond donors (Lipinski definition) is 2. The summed E-state index contributed by atoms with van der Waals surface area (Å²) in [6.07, 6.45) is -4.36. The molecule has 0 radical (unpaired) electrons. The molecule has 0 fully saturated rings. The van der Waals surface area contributed by atoms with E-state index >= 15 is 0 Å². The Morgan fingerprint density at radius 3 is 2.28 bits per heavy atom. The highest BCUT2D eigenvalue weighted by atomic mass is 19.4. The molecule has 0 aromatic heterocycles. The molecule has 0 saturated carbocycles. The Morgan fingerprint density at radius 1 is 1.28 bits per heavy atom. The molecular formula is C12H15F3N2O. The van der Waals surface area contributed by atoms with Crippen LogP contribution in [0.2, 0.25) is 0 Å². The second-order valence-electron chi connectivity index (χ2n) is 4.02. The summed E-state index contributed by atoms with van der Waals surface area (Å²) < 4.78 is 36.9. The zero-order valence-corrected chi connectivity index (χ0v) is 10.1. The number of amides is 1. The quantitative estimate of drug-likeness (QED) is 0.873. The Kier molecular flexibility index (Phi) is 4.72. The predicted molar refractivity (Wildman–Crippen MR) is 63.2 cm³/mol. The molecule has 0 aliphatic heterocycles. The van der Waals surface area contributed by atoms with Crippen LogP contribution >= 0.6 is 0 Å². The van der Waals surface area contributed by atoms with E-state index in [4.69, 9.17) is 0 Å². The standard InChI is InChI=1S/C12H15F3N2O/c1-8(7-16-2)11(18)17-10-5-3-9(4-6-10)12(13,14)15/h3-6,8,16H,7H2,1-2H3,(H,17,18). The number of anilines is 1. The lowest BCUT2D eigenvalue weighted by atomic mass is 10.1. The minimum atomic E-state index is -4.36. The van der Waals surface area contributed by atoms with Crippen molar-refractivity contribution in [1.82, 2.24) is 5.32 Å². The Labute approximate surface area is 103 Å². The van der Waals surface area contributed by atoms with Gasteiger partial charge in [-0.25, -0.2) is 0 Å². The lowest BCUT2D eigenvalue weighted by molar-refractivity contribution is -0.137. The Bertz CT molecular complexity index is 401. The summed E-state index contributed by atoms with van der Waals surface area (Å²) in [6.45, 7) is 2.24. The van der Waals surface area contributed by atoms with Crippen LogP contribution in [0.3, 0.4) is 0 Å². The summed E-state index contributed by atoms with van der Waals surface area (Å²) in [5.41, 5.74) is -0.375. The van der Waals surface area contributed by atoms with Gasteiger partial charge in [-0.15, -0.1) is 0 Å². The van der Waals surface area contributed by atoms with Crippen LogP contribution in [0.15, 0.2) is 24.3 Å². The van der Waals surface area contributed by atoms with Crippen LogP contribution in [0.4, 0.5) is 18.9 Å². The number of hydrogen-bond acceptors (Lipinski definition) is 2. The van der Waals surface area contributed by atoms with Gasteiger partial charge in [-0.3, -0.25) is 4.79 Å². The summed E-state index contributed by atoms with van der Waals surface area (Å²) in [7, 11) is 1.72. The average Bonchev–Trinajstić information content (AvgIpc) is 2.28. The van der Waals surface area contributed by atoms with Crippen molar-refractivity contribution in [2.75, 3.05) is 18.9 Å². The zero-order valence-electron chi connectivity index (χ0n) is 10.1. The van der Waals surface area contributed by atoms with E-state index in [2.05, 4.69) is 10.6 Å². The Balaban J connectivity index is 2.67. The lowest BCUT2D eigenvalue weighted by Gasteiger charge is -2.12. The molecule has 18 heavy (non-hydrogen) atoms. The number of carbonyl (C=O) groups is 1. The van der Waals surface area contributed by atoms with Crippen LogP contribution in [0.1, 0.15) is 12.5 Å². The van der Waals surface area contributed by atoms with Gasteiger partial charge in [0.1, 0.15) is 0 Å². The highest BCUT2D eigenvalue weighted by Gasteiger charge is 2.30. The van der Waals surface area contributed by atoms with E-state index in [-0.39, 0.29) is 11.8 Å². The fourth-order valence-electron chi connectivity index (χ4n) is 1.41. The van der Waals surface area contributed by atoms with Crippen LogP contribution in [-0.4, -0.2) is 19.5 Å². The van der Waals surface area contributed by atoms with Gasteiger partial charge in [0.15, 0.2) is 0 Å². The molecule has 1 unspecified atom stereocenters. The molecule has 6 heteroatoms. The normalized spacial score (nSPS) is 13.2. The molecule has 0 heterocycles. The highest BCUT2D eigenvalue weighted by Crippen LogP contribution is 2.29. The molecule has 2 N–H and O–H groups in total. The van der Waals surface area contributed by atoms with Gasteiger partial charge in [-0.1, -0.05) is 6.92 Å². The number of nitrogens with one attached hydrogen (secondary N) is 2. The van der Waals surface area contributed by atoms with Gasteiger partial charge in [0, 0.05) is 18.2 Å². The molecule has 3 nitrogen and oxygen atoms in total. The third-order valence-corrected chi connectivity index (χ3v) is 2.44. The molecule has 0 aliphatic rings. The lowest BCUT2D eigenvalue weighted by Crippen LogP contribution is -2.28. The fourth-order valence-corrected chi connectivity index (χ4v) is 1.41. The van der Waals surface area contributed by atoms with Gasteiger partial charge in [-0.2, -0.15) is 13.2 Å². The molecule has 100 valence electrons. The maximum absolute atomic E-state index is 12.3. The molecule has 1 rings (SSSR count). The average molecular weight is 260 g/mol. The van der Waals surface area contributed by atoms with Crippen LogP contribution in [0, 0.1) is 5.92 Å². The third kappa shape index (κ3) is 4.03. The molecule has 1 aromatic carbocycles. The second-order valence-corrected chi connectivity index (χ2v) is 4.02. The molecule has 0 bridgehead atoms. The number of benzene rings is 1. The fraction of sp³-hybridized carbons (Fsp3) is 0.417. The van der Waals surface area contributed by atoms with E-state index in [0.29, 0.717) is 12.2 Å². The van der Waals surface area contributed by atoms with Crippen molar-refractivity contribution >= 4 is 11.6 Å². The smallest absolute Gasteiger partial charge is 0.326 e. The molecule has 0 spiro atoms. The first kappa shape index (κ1) is 14.5. The van der Waals surface area contributed by atoms with Gasteiger partial charge in [-0.05, 0) is 31.3 Å². The number of carbonyl (C=O) groups excluding carboxylic acids is 1. The summed E-state index contributed by atoms with van der Waals surface area (Å²) in [6, 6.07) is 4.37. The monoisotopic (exact) mass is 260 g/mol. The van der Waals surface area contributed by atoms with Crippen molar-refractivity contribution < 1.29 is 18.0 Å². The zero-order chi connectivity index (χ0) is 13.8. The van der Waals surface area contributed by atoms with E-state index in [1.807, 2.05) is 0 Å². The van der Waals surface area contributed by atoms with Crippen LogP contribution in [0.25, 0.3) is 0 Å². The van der Waals surface area contributed by atoms with E-state index in [1.54, 1.807) is 14.0 Å². The Hall–Kier alpha value is -1.56. The second kappa shape index (κ2) is 5.86. The van der Waals surface area contributed by atoms with Gasteiger partial charge in [0.2, 0.25) is 5.91 Å². The molecule has 1 atom stereocenters. The minimum absolute atomic E-state index is 0.232.